The van der Waals surface area contributed by atoms with Crippen molar-refractivity contribution in [2.75, 3.05) is 13.1 Å². The van der Waals surface area contributed by atoms with E-state index in [0.717, 1.165) is 17.5 Å². The summed E-state index contributed by atoms with van der Waals surface area (Å²) < 4.78 is 26.6. The second-order valence-electron chi connectivity index (χ2n) is 5.81. The lowest BCUT2D eigenvalue weighted by Crippen LogP contribution is -2.42. The molecule has 0 saturated carbocycles. The summed E-state index contributed by atoms with van der Waals surface area (Å²) in [4.78, 5) is 0. The molecule has 0 radical (unpaired) electrons. The fraction of sp³-hybridized carbons (Fsp3) is 0.600. The van der Waals surface area contributed by atoms with Crippen molar-refractivity contribution >= 4 is 21.6 Å². The van der Waals surface area contributed by atoms with E-state index in [-0.39, 0.29) is 5.75 Å². The molecule has 1 heterocycles. The third-order valence-corrected chi connectivity index (χ3v) is 6.34. The molecule has 2 atom stereocenters. The number of halogens is 1. The van der Waals surface area contributed by atoms with Crippen LogP contribution in [-0.4, -0.2) is 25.8 Å². The van der Waals surface area contributed by atoms with E-state index in [4.69, 9.17) is 11.6 Å². The zero-order valence-electron chi connectivity index (χ0n) is 12.0. The summed E-state index contributed by atoms with van der Waals surface area (Å²) in [7, 11) is -3.21. The smallest absolute Gasteiger partial charge is 0.212 e. The first-order valence-corrected chi connectivity index (χ1v) is 9.18. The highest BCUT2D eigenvalue weighted by Gasteiger charge is 2.30. The van der Waals surface area contributed by atoms with Crippen LogP contribution >= 0.6 is 11.6 Å². The van der Waals surface area contributed by atoms with Gasteiger partial charge in [-0.05, 0) is 29.4 Å². The van der Waals surface area contributed by atoms with E-state index in [9.17, 15) is 8.42 Å². The van der Waals surface area contributed by atoms with Gasteiger partial charge in [0.05, 0.1) is 5.75 Å². The molecular formula is C15H22ClNO2S. The maximum Gasteiger partial charge on any atom is 0.218 e. The molecule has 0 aromatic heterocycles. The Morgan fingerprint density at radius 1 is 1.15 bits per heavy atom. The van der Waals surface area contributed by atoms with Gasteiger partial charge in [-0.1, -0.05) is 38.1 Å². The van der Waals surface area contributed by atoms with Gasteiger partial charge >= 0.3 is 0 Å². The first kappa shape index (κ1) is 15.8. The van der Waals surface area contributed by atoms with Gasteiger partial charge in [-0.15, -0.1) is 11.6 Å². The van der Waals surface area contributed by atoms with Gasteiger partial charge in [0.2, 0.25) is 10.0 Å². The van der Waals surface area contributed by atoms with Gasteiger partial charge in [0, 0.05) is 19.0 Å². The normalized spacial score (nSPS) is 24.8. The SMILES string of the molecule is CC1CCN(S(=O)(=O)Cc2ccc(CCl)cc2)CC1C. The number of piperidine rings is 1. The minimum Gasteiger partial charge on any atom is -0.212 e. The molecule has 112 valence electrons. The lowest BCUT2D eigenvalue weighted by atomic mass is 9.90. The van der Waals surface area contributed by atoms with Gasteiger partial charge in [0.1, 0.15) is 0 Å². The summed E-state index contributed by atoms with van der Waals surface area (Å²) in [5.74, 6) is 1.56. The summed E-state index contributed by atoms with van der Waals surface area (Å²) in [5.41, 5.74) is 1.83. The molecule has 2 rings (SSSR count). The van der Waals surface area contributed by atoms with Gasteiger partial charge in [-0.3, -0.25) is 0 Å². The van der Waals surface area contributed by atoms with E-state index in [1.54, 1.807) is 4.31 Å². The van der Waals surface area contributed by atoms with Crippen LogP contribution in [0, 0.1) is 11.8 Å². The van der Waals surface area contributed by atoms with Crippen LogP contribution in [0.25, 0.3) is 0 Å². The van der Waals surface area contributed by atoms with Crippen molar-refractivity contribution in [3.8, 4) is 0 Å². The number of alkyl halides is 1. The van der Waals surface area contributed by atoms with Gasteiger partial charge in [-0.2, -0.15) is 0 Å². The molecule has 0 amide bonds. The van der Waals surface area contributed by atoms with Crippen molar-refractivity contribution in [1.29, 1.82) is 0 Å². The Kier molecular flexibility index (Phi) is 5.10. The topological polar surface area (TPSA) is 37.4 Å². The van der Waals surface area contributed by atoms with Crippen molar-refractivity contribution in [2.24, 2.45) is 11.8 Å². The summed E-state index contributed by atoms with van der Waals surface area (Å²) >= 11 is 5.74. The third kappa shape index (κ3) is 3.74. The second kappa shape index (κ2) is 6.46. The molecule has 0 N–H and O–H groups in total. The summed E-state index contributed by atoms with van der Waals surface area (Å²) in [6.07, 6.45) is 0.950. The van der Waals surface area contributed by atoms with Crippen LogP contribution in [-0.2, 0) is 21.7 Å². The van der Waals surface area contributed by atoms with E-state index in [0.29, 0.717) is 30.8 Å². The minimum absolute atomic E-state index is 0.0800. The van der Waals surface area contributed by atoms with Crippen LogP contribution in [0.2, 0.25) is 0 Å². The number of hydrogen-bond donors (Lipinski definition) is 0. The Bertz CT molecular complexity index is 541. The second-order valence-corrected chi connectivity index (χ2v) is 8.04. The Balaban J connectivity index is 2.06. The summed E-state index contributed by atoms with van der Waals surface area (Å²) in [6.45, 7) is 5.61. The Hall–Kier alpha value is -0.580. The molecule has 2 unspecified atom stereocenters. The number of hydrogen-bond acceptors (Lipinski definition) is 2. The molecule has 1 aromatic carbocycles. The molecular weight excluding hydrogens is 294 g/mol. The first-order valence-electron chi connectivity index (χ1n) is 7.04. The van der Waals surface area contributed by atoms with Crippen LogP contribution in [0.15, 0.2) is 24.3 Å². The van der Waals surface area contributed by atoms with Crippen molar-refractivity contribution in [3.63, 3.8) is 0 Å². The number of sulfonamides is 1. The Morgan fingerprint density at radius 3 is 2.30 bits per heavy atom. The van der Waals surface area contributed by atoms with E-state index in [2.05, 4.69) is 13.8 Å². The first-order chi connectivity index (χ1) is 9.42. The number of nitrogens with zero attached hydrogens (tertiary/aromatic N) is 1. The lowest BCUT2D eigenvalue weighted by molar-refractivity contribution is 0.212. The van der Waals surface area contributed by atoms with Crippen LogP contribution in [0.5, 0.6) is 0 Å². The maximum absolute atomic E-state index is 12.5. The zero-order chi connectivity index (χ0) is 14.8. The monoisotopic (exact) mass is 315 g/mol. The van der Waals surface area contributed by atoms with Crippen LogP contribution in [0.1, 0.15) is 31.4 Å². The molecule has 20 heavy (non-hydrogen) atoms. The fourth-order valence-electron chi connectivity index (χ4n) is 2.50. The van der Waals surface area contributed by atoms with Crippen molar-refractivity contribution in [3.05, 3.63) is 35.4 Å². The average molecular weight is 316 g/mol. The highest BCUT2D eigenvalue weighted by atomic mass is 35.5. The highest BCUT2D eigenvalue weighted by molar-refractivity contribution is 7.88. The van der Waals surface area contributed by atoms with Gasteiger partial charge in [0.15, 0.2) is 0 Å². The van der Waals surface area contributed by atoms with Gasteiger partial charge < -0.3 is 0 Å². The molecule has 1 aliphatic heterocycles. The van der Waals surface area contributed by atoms with Crippen molar-refractivity contribution < 1.29 is 8.42 Å². The van der Waals surface area contributed by atoms with Crippen LogP contribution < -0.4 is 0 Å². The predicted molar refractivity (Wildman–Crippen MR) is 83.1 cm³/mol. The van der Waals surface area contributed by atoms with Gasteiger partial charge in [-0.25, -0.2) is 12.7 Å². The Morgan fingerprint density at radius 2 is 1.75 bits per heavy atom. The fourth-order valence-corrected chi connectivity index (χ4v) is 4.32. The Labute approximate surface area is 127 Å². The van der Waals surface area contributed by atoms with Crippen molar-refractivity contribution in [2.45, 2.75) is 31.9 Å². The molecule has 1 saturated heterocycles. The zero-order valence-corrected chi connectivity index (χ0v) is 13.6. The predicted octanol–water partition coefficient (Wildman–Crippen LogP) is 3.23. The van der Waals surface area contributed by atoms with E-state index in [1.165, 1.54) is 0 Å². The molecule has 1 aromatic rings. The molecule has 5 heteroatoms. The molecule has 3 nitrogen and oxygen atoms in total. The quantitative estimate of drug-likeness (QED) is 0.800. The average Bonchev–Trinajstić information content (AvgIpc) is 2.42. The van der Waals surface area contributed by atoms with E-state index in [1.807, 2.05) is 24.3 Å². The van der Waals surface area contributed by atoms with Gasteiger partial charge in [0.25, 0.3) is 0 Å². The molecule has 0 aliphatic carbocycles. The lowest BCUT2D eigenvalue weighted by Gasteiger charge is -2.34. The maximum atomic E-state index is 12.5. The number of benzene rings is 1. The molecule has 0 bridgehead atoms. The third-order valence-electron chi connectivity index (χ3n) is 4.22. The van der Waals surface area contributed by atoms with E-state index >= 15 is 0 Å². The summed E-state index contributed by atoms with van der Waals surface area (Å²) in [6, 6.07) is 7.48. The summed E-state index contributed by atoms with van der Waals surface area (Å²) in [5, 5.41) is 0. The highest BCUT2D eigenvalue weighted by Crippen LogP contribution is 2.25. The van der Waals surface area contributed by atoms with Crippen molar-refractivity contribution in [1.82, 2.24) is 4.31 Å². The molecule has 1 aliphatic rings. The largest absolute Gasteiger partial charge is 0.218 e. The minimum atomic E-state index is -3.21. The number of rotatable bonds is 4. The standard InChI is InChI=1S/C15H22ClNO2S/c1-12-7-8-17(10-13(12)2)20(18,19)11-15-5-3-14(9-16)4-6-15/h3-6,12-13H,7-11H2,1-2H3. The molecule has 1 fully saturated rings. The molecule has 0 spiro atoms. The van der Waals surface area contributed by atoms with Crippen LogP contribution in [0.3, 0.4) is 0 Å². The van der Waals surface area contributed by atoms with Crippen LogP contribution in [0.4, 0.5) is 0 Å². The van der Waals surface area contributed by atoms with E-state index < -0.39 is 10.0 Å².